The average Bonchev–Trinajstić information content (AvgIpc) is 2.65. The van der Waals surface area contributed by atoms with Gasteiger partial charge in [0.05, 0.1) is 0 Å². The van der Waals surface area contributed by atoms with Crippen LogP contribution < -0.4 is 5.32 Å². The summed E-state index contributed by atoms with van der Waals surface area (Å²) in [6.07, 6.45) is 1.06. The van der Waals surface area contributed by atoms with Crippen LogP contribution in [0.1, 0.15) is 18.2 Å². The van der Waals surface area contributed by atoms with Crippen molar-refractivity contribution in [2.45, 2.75) is 24.0 Å². The molecular formula is C9H12ClNO3S2. The first-order chi connectivity index (χ1) is 7.43. The molecule has 1 heterocycles. The molecule has 1 aromatic heterocycles. The van der Waals surface area contributed by atoms with Crippen molar-refractivity contribution in [2.24, 2.45) is 0 Å². The third-order valence-electron chi connectivity index (χ3n) is 1.89. The van der Waals surface area contributed by atoms with Gasteiger partial charge in [0, 0.05) is 28.5 Å². The zero-order valence-electron chi connectivity index (χ0n) is 8.70. The summed E-state index contributed by atoms with van der Waals surface area (Å²) < 4.78 is 22.1. The molecular weight excluding hydrogens is 270 g/mol. The zero-order chi connectivity index (χ0) is 12.2. The van der Waals surface area contributed by atoms with Crippen LogP contribution in [0.2, 0.25) is 0 Å². The van der Waals surface area contributed by atoms with E-state index < -0.39 is 9.05 Å². The van der Waals surface area contributed by atoms with Crippen molar-refractivity contribution in [3.63, 3.8) is 0 Å². The first-order valence-electron chi connectivity index (χ1n) is 4.73. The van der Waals surface area contributed by atoms with Crippen LogP contribution in [0.5, 0.6) is 0 Å². The molecule has 1 amide bonds. The largest absolute Gasteiger partial charge is 0.356 e. The molecule has 7 heteroatoms. The van der Waals surface area contributed by atoms with E-state index in [1.54, 1.807) is 13.0 Å². The van der Waals surface area contributed by atoms with Gasteiger partial charge in [0.15, 0.2) is 0 Å². The van der Waals surface area contributed by atoms with Gasteiger partial charge >= 0.3 is 0 Å². The highest BCUT2D eigenvalue weighted by atomic mass is 35.7. The Labute approximate surface area is 103 Å². The van der Waals surface area contributed by atoms with E-state index in [0.29, 0.717) is 19.4 Å². The number of amides is 1. The molecule has 0 unspecified atom stereocenters. The lowest BCUT2D eigenvalue weighted by atomic mass is 10.3. The fraction of sp³-hybridized carbons (Fsp3) is 0.444. The number of hydrogen-bond acceptors (Lipinski definition) is 4. The first kappa shape index (κ1) is 13.5. The number of carbonyl (C=O) groups is 1. The summed E-state index contributed by atoms with van der Waals surface area (Å²) in [6.45, 7) is 2.29. The Bertz CT molecular complexity index is 467. The summed E-state index contributed by atoms with van der Waals surface area (Å²) in [5, 5.41) is 2.71. The van der Waals surface area contributed by atoms with Crippen LogP contribution in [0, 0.1) is 0 Å². The number of rotatable bonds is 5. The Morgan fingerprint density at radius 3 is 2.69 bits per heavy atom. The van der Waals surface area contributed by atoms with Crippen LogP contribution in [-0.2, 0) is 20.3 Å². The summed E-state index contributed by atoms with van der Waals surface area (Å²) in [7, 11) is 1.57. The monoisotopic (exact) mass is 281 g/mol. The summed E-state index contributed by atoms with van der Waals surface area (Å²) in [5.74, 6) is -0.0123. The van der Waals surface area contributed by atoms with Crippen LogP contribution in [0.3, 0.4) is 0 Å². The fourth-order valence-electron chi connectivity index (χ4n) is 1.07. The molecule has 1 N–H and O–H groups in total. The third kappa shape index (κ3) is 4.11. The molecule has 0 bridgehead atoms. The second-order valence-electron chi connectivity index (χ2n) is 3.11. The second kappa shape index (κ2) is 5.65. The maximum absolute atomic E-state index is 11.0. The highest BCUT2D eigenvalue weighted by Crippen LogP contribution is 2.24. The van der Waals surface area contributed by atoms with E-state index in [2.05, 4.69) is 5.32 Å². The molecule has 1 aromatic rings. The van der Waals surface area contributed by atoms with E-state index in [-0.39, 0.29) is 10.1 Å². The molecule has 0 aliphatic heterocycles. The number of nitrogens with one attached hydrogen (secondary N) is 1. The van der Waals surface area contributed by atoms with Crippen molar-refractivity contribution >= 4 is 37.0 Å². The molecule has 0 atom stereocenters. The van der Waals surface area contributed by atoms with Crippen LogP contribution in [0.15, 0.2) is 16.3 Å². The van der Waals surface area contributed by atoms with E-state index in [1.807, 2.05) is 0 Å². The molecule has 0 aromatic carbocycles. The van der Waals surface area contributed by atoms with Crippen LogP contribution in [0.4, 0.5) is 0 Å². The van der Waals surface area contributed by atoms with Crippen molar-refractivity contribution in [1.82, 2.24) is 5.32 Å². The molecule has 16 heavy (non-hydrogen) atoms. The molecule has 0 aliphatic carbocycles. The predicted octanol–water partition coefficient (Wildman–Crippen LogP) is 1.74. The molecule has 0 saturated heterocycles. The Morgan fingerprint density at radius 2 is 2.19 bits per heavy atom. The second-order valence-corrected chi connectivity index (χ2v) is 7.07. The minimum atomic E-state index is -3.62. The topological polar surface area (TPSA) is 63.2 Å². The lowest BCUT2D eigenvalue weighted by Crippen LogP contribution is -2.24. The lowest BCUT2D eigenvalue weighted by molar-refractivity contribution is -0.120. The number of carbonyl (C=O) groups excluding carboxylic acids is 1. The van der Waals surface area contributed by atoms with Gasteiger partial charge in [0.2, 0.25) is 5.91 Å². The highest BCUT2D eigenvalue weighted by Gasteiger charge is 2.12. The van der Waals surface area contributed by atoms with Crippen molar-refractivity contribution < 1.29 is 13.2 Å². The fourth-order valence-corrected chi connectivity index (χ4v) is 3.20. The van der Waals surface area contributed by atoms with Gasteiger partial charge in [0.25, 0.3) is 9.05 Å². The van der Waals surface area contributed by atoms with Gasteiger partial charge in [-0.25, -0.2) is 8.42 Å². The van der Waals surface area contributed by atoms with Crippen LogP contribution >= 0.6 is 22.0 Å². The molecule has 1 rings (SSSR count). The van der Waals surface area contributed by atoms with Gasteiger partial charge < -0.3 is 5.32 Å². The van der Waals surface area contributed by atoms with E-state index in [1.165, 1.54) is 6.07 Å². The Hall–Kier alpha value is -0.590. The first-order valence-corrected chi connectivity index (χ1v) is 7.86. The van der Waals surface area contributed by atoms with Crippen molar-refractivity contribution in [2.75, 3.05) is 6.54 Å². The van der Waals surface area contributed by atoms with Gasteiger partial charge in [0.1, 0.15) is 4.21 Å². The molecule has 0 saturated carbocycles. The smallest absolute Gasteiger partial charge is 0.270 e. The van der Waals surface area contributed by atoms with Crippen molar-refractivity contribution in [3.05, 3.63) is 17.0 Å². The van der Waals surface area contributed by atoms with Crippen molar-refractivity contribution in [1.29, 1.82) is 0 Å². The van der Waals surface area contributed by atoms with E-state index in [9.17, 15) is 13.2 Å². The highest BCUT2D eigenvalue weighted by molar-refractivity contribution is 8.15. The molecule has 4 nitrogen and oxygen atoms in total. The lowest BCUT2D eigenvalue weighted by Gasteiger charge is -2.00. The zero-order valence-corrected chi connectivity index (χ0v) is 11.1. The molecule has 0 fully saturated rings. The minimum Gasteiger partial charge on any atom is -0.356 e. The Kier molecular flexibility index (Phi) is 4.76. The number of hydrogen-bond donors (Lipinski definition) is 1. The predicted molar refractivity (Wildman–Crippen MR) is 64.4 cm³/mol. The van der Waals surface area contributed by atoms with Crippen LogP contribution in [0.25, 0.3) is 0 Å². The molecule has 0 aliphatic rings. The standard InChI is InChI=1S/C9H12ClNO3S2/c1-2-8(12)11-6-5-7-3-4-9(15-7)16(10,13)14/h3-4H,2,5-6H2,1H3,(H,11,12). The SMILES string of the molecule is CCC(=O)NCCc1ccc(S(=O)(=O)Cl)s1. The Morgan fingerprint density at radius 1 is 1.50 bits per heavy atom. The van der Waals surface area contributed by atoms with Gasteiger partial charge in [-0.3, -0.25) is 4.79 Å². The maximum Gasteiger partial charge on any atom is 0.270 e. The van der Waals surface area contributed by atoms with E-state index >= 15 is 0 Å². The van der Waals surface area contributed by atoms with Crippen molar-refractivity contribution in [3.8, 4) is 0 Å². The van der Waals surface area contributed by atoms with Gasteiger partial charge in [-0.1, -0.05) is 6.92 Å². The summed E-state index contributed by atoms with van der Waals surface area (Å²) >= 11 is 1.13. The van der Waals surface area contributed by atoms with Gasteiger partial charge in [-0.2, -0.15) is 0 Å². The van der Waals surface area contributed by atoms with E-state index in [0.717, 1.165) is 16.2 Å². The number of halogens is 1. The molecule has 0 radical (unpaired) electrons. The Balaban J connectivity index is 2.51. The van der Waals surface area contributed by atoms with Crippen LogP contribution in [-0.4, -0.2) is 20.9 Å². The van der Waals surface area contributed by atoms with E-state index in [4.69, 9.17) is 10.7 Å². The summed E-state index contributed by atoms with van der Waals surface area (Å²) in [5.41, 5.74) is 0. The van der Waals surface area contributed by atoms with Gasteiger partial charge in [-0.05, 0) is 18.6 Å². The summed E-state index contributed by atoms with van der Waals surface area (Å²) in [6, 6.07) is 3.18. The average molecular weight is 282 g/mol. The quantitative estimate of drug-likeness (QED) is 0.836. The molecule has 0 spiro atoms. The summed E-state index contributed by atoms with van der Waals surface area (Å²) in [4.78, 5) is 11.8. The molecule has 90 valence electrons. The third-order valence-corrected chi connectivity index (χ3v) is 5.13. The maximum atomic E-state index is 11.0. The normalized spacial score (nSPS) is 11.4. The van der Waals surface area contributed by atoms with Gasteiger partial charge in [-0.15, -0.1) is 11.3 Å². The minimum absolute atomic E-state index is 0.0123. The number of thiophene rings is 1.